The van der Waals surface area contributed by atoms with Gasteiger partial charge in [-0.25, -0.2) is 9.37 Å². The smallest absolute Gasteiger partial charge is 0.307 e. The normalized spacial score (nSPS) is 19.0. The second kappa shape index (κ2) is 9.76. The third-order valence-corrected chi connectivity index (χ3v) is 6.33. The van der Waals surface area contributed by atoms with Crippen LogP contribution in [0, 0.1) is 12.7 Å². The second-order valence-electron chi connectivity index (χ2n) is 7.66. The zero-order valence-electron chi connectivity index (χ0n) is 17.2. The number of ether oxygens (including phenoxy) is 2. The van der Waals surface area contributed by atoms with E-state index >= 15 is 0 Å². The highest BCUT2D eigenvalue weighted by Gasteiger charge is 2.24. The fraction of sp³-hybridized carbons (Fsp3) is 0.455. The summed E-state index contributed by atoms with van der Waals surface area (Å²) in [7, 11) is 0. The predicted octanol–water partition coefficient (Wildman–Crippen LogP) is 4.33. The lowest BCUT2D eigenvalue weighted by Crippen LogP contribution is -2.28. The minimum Gasteiger partial charge on any atom is -0.494 e. The number of nitrogens with zero attached hydrogens (tertiary/aromatic N) is 1. The molecule has 3 aromatic rings. The Balaban J connectivity index is 1.26. The first kappa shape index (κ1) is 21.7. The zero-order chi connectivity index (χ0) is 21.8. The molecule has 1 aliphatic rings. The Morgan fingerprint density at radius 3 is 2.71 bits per heavy atom. The van der Waals surface area contributed by atoms with Crippen LogP contribution >= 0.6 is 11.3 Å². The molecule has 2 heterocycles. The largest absolute Gasteiger partial charge is 0.494 e. The van der Waals surface area contributed by atoms with Gasteiger partial charge in [-0.05, 0) is 56.9 Å². The van der Waals surface area contributed by atoms with Gasteiger partial charge in [-0.1, -0.05) is 11.3 Å². The SMILES string of the molecule is Cc1oc(-c2ccc(F)cc2)nc1COC1CCCC(OCCc2sc(=O)[nH]c2O)C1. The summed E-state index contributed by atoms with van der Waals surface area (Å²) in [4.78, 5) is 18.5. The first-order valence-corrected chi connectivity index (χ1v) is 11.2. The summed E-state index contributed by atoms with van der Waals surface area (Å²) in [6, 6.07) is 6.04. The highest BCUT2D eigenvalue weighted by atomic mass is 32.1. The number of aryl methyl sites for hydroxylation is 1. The molecule has 1 saturated carbocycles. The summed E-state index contributed by atoms with van der Waals surface area (Å²) in [6.45, 7) is 2.64. The van der Waals surface area contributed by atoms with Gasteiger partial charge in [0, 0.05) is 12.0 Å². The van der Waals surface area contributed by atoms with Gasteiger partial charge in [-0.15, -0.1) is 0 Å². The van der Waals surface area contributed by atoms with E-state index in [2.05, 4.69) is 9.97 Å². The number of rotatable bonds is 8. The molecule has 31 heavy (non-hydrogen) atoms. The van der Waals surface area contributed by atoms with Crippen LogP contribution in [-0.2, 0) is 22.5 Å². The Hall–Kier alpha value is -2.49. The fourth-order valence-electron chi connectivity index (χ4n) is 3.72. The maximum atomic E-state index is 13.1. The number of hydrogen-bond acceptors (Lipinski definition) is 7. The van der Waals surface area contributed by atoms with Crippen molar-refractivity contribution in [1.29, 1.82) is 0 Å². The standard InChI is InChI=1S/C22H25FN2O5S/c1-13-18(24-21(30-13)14-5-7-15(23)8-6-14)12-29-17-4-2-3-16(11-17)28-10-9-19-20(26)25-22(27)31-19/h5-8,16-17,26H,2-4,9-12H2,1H3,(H,25,27). The molecule has 0 radical (unpaired) electrons. The van der Waals surface area contributed by atoms with Crippen LogP contribution in [0.4, 0.5) is 4.39 Å². The van der Waals surface area contributed by atoms with Crippen molar-refractivity contribution in [1.82, 2.24) is 9.97 Å². The van der Waals surface area contributed by atoms with Gasteiger partial charge in [-0.3, -0.25) is 9.78 Å². The van der Waals surface area contributed by atoms with Gasteiger partial charge < -0.3 is 19.0 Å². The Labute approximate surface area is 182 Å². The van der Waals surface area contributed by atoms with E-state index in [9.17, 15) is 14.3 Å². The van der Waals surface area contributed by atoms with Gasteiger partial charge in [-0.2, -0.15) is 0 Å². The summed E-state index contributed by atoms with van der Waals surface area (Å²) < 4.78 is 30.9. The molecule has 7 nitrogen and oxygen atoms in total. The number of aromatic hydroxyl groups is 1. The Morgan fingerprint density at radius 2 is 2.00 bits per heavy atom. The van der Waals surface area contributed by atoms with E-state index in [1.807, 2.05) is 6.92 Å². The van der Waals surface area contributed by atoms with Crippen molar-refractivity contribution in [2.75, 3.05) is 6.61 Å². The van der Waals surface area contributed by atoms with E-state index in [-0.39, 0.29) is 28.8 Å². The predicted molar refractivity (Wildman–Crippen MR) is 114 cm³/mol. The molecule has 0 bridgehead atoms. The topological polar surface area (TPSA) is 97.6 Å². The number of oxazole rings is 1. The van der Waals surface area contributed by atoms with Crippen molar-refractivity contribution in [3.05, 3.63) is 56.1 Å². The Bertz CT molecular complexity index is 1060. The zero-order valence-corrected chi connectivity index (χ0v) is 18.0. The van der Waals surface area contributed by atoms with Gasteiger partial charge in [0.25, 0.3) is 0 Å². The number of thiazole rings is 1. The molecule has 0 spiro atoms. The van der Waals surface area contributed by atoms with E-state index in [0.717, 1.165) is 48.3 Å². The summed E-state index contributed by atoms with van der Waals surface area (Å²) in [5.74, 6) is 0.779. The van der Waals surface area contributed by atoms with Gasteiger partial charge in [0.15, 0.2) is 0 Å². The Kier molecular flexibility index (Phi) is 6.84. The van der Waals surface area contributed by atoms with Crippen LogP contribution in [0.2, 0.25) is 0 Å². The quantitative estimate of drug-likeness (QED) is 0.532. The molecule has 0 saturated heterocycles. The number of nitrogens with one attached hydrogen (secondary N) is 1. The highest BCUT2D eigenvalue weighted by Crippen LogP contribution is 2.27. The molecule has 4 rings (SSSR count). The van der Waals surface area contributed by atoms with Gasteiger partial charge >= 0.3 is 4.87 Å². The summed E-state index contributed by atoms with van der Waals surface area (Å²) in [6.07, 6.45) is 4.38. The molecule has 9 heteroatoms. The van der Waals surface area contributed by atoms with E-state index in [0.29, 0.717) is 36.2 Å². The van der Waals surface area contributed by atoms with E-state index in [1.165, 1.54) is 12.1 Å². The average Bonchev–Trinajstić information content (AvgIpc) is 3.28. The first-order valence-electron chi connectivity index (χ1n) is 10.3. The third-order valence-electron chi connectivity index (χ3n) is 5.40. The minimum absolute atomic E-state index is 0.0635. The summed E-state index contributed by atoms with van der Waals surface area (Å²) >= 11 is 1.01. The summed E-state index contributed by atoms with van der Waals surface area (Å²) in [5.41, 5.74) is 1.46. The van der Waals surface area contributed by atoms with E-state index < -0.39 is 0 Å². The molecular formula is C22H25FN2O5S. The highest BCUT2D eigenvalue weighted by molar-refractivity contribution is 7.09. The van der Waals surface area contributed by atoms with Gasteiger partial charge in [0.2, 0.25) is 11.8 Å². The molecule has 166 valence electrons. The molecule has 2 unspecified atom stereocenters. The number of benzene rings is 1. The molecule has 0 aliphatic heterocycles. The maximum Gasteiger partial charge on any atom is 0.307 e. The lowest BCUT2D eigenvalue weighted by molar-refractivity contribution is -0.0503. The van der Waals surface area contributed by atoms with Crippen molar-refractivity contribution < 1.29 is 23.4 Å². The number of hydrogen-bond donors (Lipinski definition) is 2. The van der Waals surface area contributed by atoms with Crippen molar-refractivity contribution in [2.45, 2.75) is 57.8 Å². The number of H-pyrrole nitrogens is 1. The number of halogens is 1. The van der Waals surface area contributed by atoms with Crippen LogP contribution in [0.3, 0.4) is 0 Å². The fourth-order valence-corrected chi connectivity index (χ4v) is 4.42. The lowest BCUT2D eigenvalue weighted by Gasteiger charge is -2.29. The molecule has 1 aliphatic carbocycles. The van der Waals surface area contributed by atoms with Crippen LogP contribution in [-0.4, -0.2) is 33.9 Å². The van der Waals surface area contributed by atoms with Crippen molar-refractivity contribution in [3.8, 4) is 17.3 Å². The molecule has 2 aromatic heterocycles. The van der Waals surface area contributed by atoms with Crippen molar-refractivity contribution in [3.63, 3.8) is 0 Å². The second-order valence-corrected chi connectivity index (χ2v) is 8.73. The molecule has 2 atom stereocenters. The summed E-state index contributed by atoms with van der Waals surface area (Å²) in [5, 5.41) is 9.65. The van der Waals surface area contributed by atoms with Gasteiger partial charge in [0.1, 0.15) is 17.3 Å². The molecule has 2 N–H and O–H groups in total. The number of aromatic nitrogens is 2. The van der Waals surface area contributed by atoms with Crippen molar-refractivity contribution >= 4 is 11.3 Å². The number of aromatic amines is 1. The van der Waals surface area contributed by atoms with E-state index in [4.69, 9.17) is 13.9 Å². The monoisotopic (exact) mass is 448 g/mol. The molecular weight excluding hydrogens is 423 g/mol. The van der Waals surface area contributed by atoms with E-state index in [1.54, 1.807) is 12.1 Å². The van der Waals surface area contributed by atoms with Crippen molar-refractivity contribution in [2.24, 2.45) is 0 Å². The van der Waals surface area contributed by atoms with Crippen LogP contribution < -0.4 is 4.87 Å². The van der Waals surface area contributed by atoms with Crippen LogP contribution in [0.1, 0.15) is 42.0 Å². The average molecular weight is 449 g/mol. The first-order chi connectivity index (χ1) is 15.0. The van der Waals surface area contributed by atoms with Crippen LogP contribution in [0.15, 0.2) is 33.5 Å². The lowest BCUT2D eigenvalue weighted by atomic mass is 9.95. The van der Waals surface area contributed by atoms with Crippen LogP contribution in [0.5, 0.6) is 5.88 Å². The third kappa shape index (κ3) is 5.61. The Morgan fingerprint density at radius 1 is 1.26 bits per heavy atom. The van der Waals surface area contributed by atoms with Gasteiger partial charge in [0.05, 0.1) is 30.3 Å². The molecule has 0 amide bonds. The molecule has 1 fully saturated rings. The maximum absolute atomic E-state index is 13.1. The van der Waals surface area contributed by atoms with Crippen LogP contribution in [0.25, 0.3) is 11.5 Å². The molecule has 1 aromatic carbocycles. The minimum atomic E-state index is -0.301.